The molecule has 0 heterocycles. The number of nitrogens with one attached hydrogen (secondary N) is 2. The van der Waals surface area contributed by atoms with Crippen LogP contribution in [0.15, 0.2) is 42.6 Å². The van der Waals surface area contributed by atoms with Crippen LogP contribution in [0.3, 0.4) is 0 Å². The molecule has 126 valence electrons. The lowest BCUT2D eigenvalue weighted by atomic mass is 9.95. The van der Waals surface area contributed by atoms with Crippen LogP contribution >= 0.6 is 0 Å². The van der Waals surface area contributed by atoms with Gasteiger partial charge in [-0.25, -0.2) is 0 Å². The van der Waals surface area contributed by atoms with E-state index >= 15 is 0 Å². The van der Waals surface area contributed by atoms with Gasteiger partial charge in [0.15, 0.2) is 0 Å². The van der Waals surface area contributed by atoms with Crippen molar-refractivity contribution in [2.24, 2.45) is 11.8 Å². The van der Waals surface area contributed by atoms with Crippen LogP contribution in [-0.4, -0.2) is 12.3 Å². The molecule has 1 unspecified atom stereocenters. The molecule has 1 fully saturated rings. The monoisotopic (exact) mass is 312 g/mol. The van der Waals surface area contributed by atoms with Crippen molar-refractivity contribution in [2.45, 2.75) is 58.3 Å². The van der Waals surface area contributed by atoms with E-state index in [1.165, 1.54) is 37.7 Å². The molecule has 0 aromatic heterocycles. The first-order valence-corrected chi connectivity index (χ1v) is 9.19. The van der Waals surface area contributed by atoms with Gasteiger partial charge < -0.3 is 10.7 Å². The molecule has 2 nitrogen and oxygen atoms in total. The van der Waals surface area contributed by atoms with E-state index in [0.29, 0.717) is 11.6 Å². The van der Waals surface area contributed by atoms with Crippen molar-refractivity contribution in [1.29, 1.82) is 5.41 Å². The molecule has 0 radical (unpaired) electrons. The van der Waals surface area contributed by atoms with Crippen molar-refractivity contribution in [3.8, 4) is 0 Å². The molecule has 0 spiro atoms. The predicted octanol–water partition coefficient (Wildman–Crippen LogP) is 5.35. The molecule has 2 heteroatoms. The van der Waals surface area contributed by atoms with E-state index < -0.39 is 0 Å². The molecule has 0 aliphatic heterocycles. The van der Waals surface area contributed by atoms with Gasteiger partial charge in [-0.3, -0.25) is 0 Å². The minimum absolute atomic E-state index is 0.651. The van der Waals surface area contributed by atoms with Gasteiger partial charge in [-0.1, -0.05) is 56.7 Å². The average Bonchev–Trinajstić information content (AvgIpc) is 3.10. The summed E-state index contributed by atoms with van der Waals surface area (Å²) in [6.45, 7) is 7.35. The number of hydrogen-bond donors (Lipinski definition) is 2. The summed E-state index contributed by atoms with van der Waals surface area (Å²) in [5.41, 5.74) is 2.94. The SMILES string of the molecule is C=C(NCC1CCCC1)C(=N)CCC(C)CCc1ccccc1. The highest BCUT2D eigenvalue weighted by atomic mass is 14.9. The van der Waals surface area contributed by atoms with Crippen LogP contribution in [0.2, 0.25) is 0 Å². The average molecular weight is 313 g/mol. The Labute approximate surface area is 141 Å². The third-order valence-corrected chi connectivity index (χ3v) is 5.10. The molecule has 1 saturated carbocycles. The number of benzene rings is 1. The maximum atomic E-state index is 8.20. The summed E-state index contributed by atoms with van der Waals surface area (Å²) in [5, 5.41) is 11.6. The van der Waals surface area contributed by atoms with Crippen LogP contribution in [0.5, 0.6) is 0 Å². The van der Waals surface area contributed by atoms with E-state index in [4.69, 9.17) is 5.41 Å². The van der Waals surface area contributed by atoms with Gasteiger partial charge in [0.2, 0.25) is 0 Å². The molecule has 2 N–H and O–H groups in total. The molecule has 1 aliphatic carbocycles. The lowest BCUT2D eigenvalue weighted by molar-refractivity contribution is 0.500. The maximum Gasteiger partial charge on any atom is 0.0539 e. The van der Waals surface area contributed by atoms with Gasteiger partial charge in [0, 0.05) is 12.2 Å². The van der Waals surface area contributed by atoms with Crippen LogP contribution in [-0.2, 0) is 6.42 Å². The Kier molecular flexibility index (Phi) is 7.38. The van der Waals surface area contributed by atoms with E-state index in [2.05, 4.69) is 49.2 Å². The van der Waals surface area contributed by atoms with Crippen molar-refractivity contribution in [1.82, 2.24) is 5.32 Å². The van der Waals surface area contributed by atoms with Gasteiger partial charge in [0.1, 0.15) is 0 Å². The molecule has 0 saturated heterocycles. The third kappa shape index (κ3) is 6.60. The highest BCUT2D eigenvalue weighted by Gasteiger charge is 2.15. The van der Waals surface area contributed by atoms with Crippen molar-refractivity contribution < 1.29 is 0 Å². The zero-order valence-corrected chi connectivity index (χ0v) is 14.6. The van der Waals surface area contributed by atoms with Gasteiger partial charge in [-0.05, 0) is 55.9 Å². The number of hydrogen-bond acceptors (Lipinski definition) is 2. The smallest absolute Gasteiger partial charge is 0.0539 e. The molecule has 1 aromatic carbocycles. The van der Waals surface area contributed by atoms with E-state index in [-0.39, 0.29) is 0 Å². The Morgan fingerprint density at radius 2 is 1.91 bits per heavy atom. The zero-order chi connectivity index (χ0) is 16.5. The van der Waals surface area contributed by atoms with Crippen LogP contribution in [0.4, 0.5) is 0 Å². The summed E-state index contributed by atoms with van der Waals surface area (Å²) in [4.78, 5) is 0. The molecule has 1 atom stereocenters. The number of allylic oxidation sites excluding steroid dienone is 1. The second-order valence-corrected chi connectivity index (χ2v) is 7.16. The van der Waals surface area contributed by atoms with Gasteiger partial charge in [-0.15, -0.1) is 0 Å². The fraction of sp³-hybridized carbons (Fsp3) is 0.571. The largest absolute Gasteiger partial charge is 0.384 e. The lowest BCUT2D eigenvalue weighted by Crippen LogP contribution is -2.24. The Morgan fingerprint density at radius 1 is 1.22 bits per heavy atom. The Morgan fingerprint density at radius 3 is 2.61 bits per heavy atom. The second kappa shape index (κ2) is 9.54. The van der Waals surface area contributed by atoms with Crippen molar-refractivity contribution in [3.05, 3.63) is 48.2 Å². The fourth-order valence-electron chi connectivity index (χ4n) is 3.33. The third-order valence-electron chi connectivity index (χ3n) is 5.10. The molecule has 1 aliphatic rings. The lowest BCUT2D eigenvalue weighted by Gasteiger charge is -2.16. The summed E-state index contributed by atoms with van der Waals surface area (Å²) < 4.78 is 0. The molecular weight excluding hydrogens is 280 g/mol. The number of rotatable bonds is 10. The summed E-state index contributed by atoms with van der Waals surface area (Å²) in [6.07, 6.45) is 9.66. The topological polar surface area (TPSA) is 35.9 Å². The van der Waals surface area contributed by atoms with Crippen LogP contribution < -0.4 is 5.32 Å². The second-order valence-electron chi connectivity index (χ2n) is 7.16. The molecule has 1 aromatic rings. The first-order valence-electron chi connectivity index (χ1n) is 9.19. The minimum atomic E-state index is 0.651. The highest BCUT2D eigenvalue weighted by Crippen LogP contribution is 2.24. The molecule has 0 bridgehead atoms. The quantitative estimate of drug-likeness (QED) is 0.561. The molecule has 0 amide bonds. The van der Waals surface area contributed by atoms with Crippen LogP contribution in [0.25, 0.3) is 0 Å². The van der Waals surface area contributed by atoms with E-state index in [9.17, 15) is 0 Å². The van der Waals surface area contributed by atoms with Gasteiger partial charge in [0.25, 0.3) is 0 Å². The van der Waals surface area contributed by atoms with E-state index in [0.717, 1.165) is 37.4 Å². The van der Waals surface area contributed by atoms with Gasteiger partial charge in [-0.2, -0.15) is 0 Å². The normalized spacial score (nSPS) is 16.2. The Bertz CT molecular complexity index is 486. The zero-order valence-electron chi connectivity index (χ0n) is 14.6. The van der Waals surface area contributed by atoms with Gasteiger partial charge >= 0.3 is 0 Å². The highest BCUT2D eigenvalue weighted by molar-refractivity contribution is 5.96. The fourth-order valence-corrected chi connectivity index (χ4v) is 3.33. The summed E-state index contributed by atoms with van der Waals surface area (Å²) in [6, 6.07) is 10.7. The first kappa shape index (κ1) is 17.8. The first-order chi connectivity index (χ1) is 11.1. The molecular formula is C21H32N2. The Balaban J connectivity index is 1.59. The number of aryl methyl sites for hydroxylation is 1. The standard InChI is InChI=1S/C21H32N2/c1-17(12-14-19-8-4-3-5-9-19)13-15-21(22)18(2)23-16-20-10-6-7-11-20/h3-5,8-9,17,20,22-23H,2,6-7,10-16H2,1H3. The van der Waals surface area contributed by atoms with Crippen LogP contribution in [0, 0.1) is 17.2 Å². The molecule has 2 rings (SSSR count). The van der Waals surface area contributed by atoms with Crippen molar-refractivity contribution in [3.63, 3.8) is 0 Å². The van der Waals surface area contributed by atoms with Crippen molar-refractivity contribution >= 4 is 5.71 Å². The van der Waals surface area contributed by atoms with Gasteiger partial charge in [0.05, 0.1) is 5.71 Å². The maximum absolute atomic E-state index is 8.20. The predicted molar refractivity (Wildman–Crippen MR) is 100.0 cm³/mol. The minimum Gasteiger partial charge on any atom is -0.384 e. The van der Waals surface area contributed by atoms with E-state index in [1.54, 1.807) is 0 Å². The summed E-state index contributed by atoms with van der Waals surface area (Å²) in [5.74, 6) is 1.45. The van der Waals surface area contributed by atoms with Crippen molar-refractivity contribution in [2.75, 3.05) is 6.54 Å². The summed E-state index contributed by atoms with van der Waals surface area (Å²) >= 11 is 0. The van der Waals surface area contributed by atoms with Crippen LogP contribution in [0.1, 0.15) is 57.4 Å². The molecule has 23 heavy (non-hydrogen) atoms. The summed E-state index contributed by atoms with van der Waals surface area (Å²) in [7, 11) is 0. The van der Waals surface area contributed by atoms with E-state index in [1.807, 2.05) is 0 Å². The Hall–Kier alpha value is -1.57.